The van der Waals surface area contributed by atoms with E-state index in [0.717, 1.165) is 26.9 Å². The molecule has 1 fully saturated rings. The Balaban J connectivity index is 0.000000289. The molecule has 0 aliphatic carbocycles. The van der Waals surface area contributed by atoms with Gasteiger partial charge in [0.1, 0.15) is 11.3 Å². The molecule has 0 saturated carbocycles. The lowest BCUT2D eigenvalue weighted by Crippen LogP contribution is -2.45. The summed E-state index contributed by atoms with van der Waals surface area (Å²) in [6.07, 6.45) is 13.0. The van der Waals surface area contributed by atoms with Gasteiger partial charge in [-0.1, -0.05) is 81.9 Å². The second kappa shape index (κ2) is 28.5. The molecule has 4 aromatic carbocycles. The summed E-state index contributed by atoms with van der Waals surface area (Å²) >= 11 is 1.65. The van der Waals surface area contributed by atoms with Crippen molar-refractivity contribution in [3.8, 4) is 0 Å². The summed E-state index contributed by atoms with van der Waals surface area (Å²) in [5.41, 5.74) is 19.5. The quantitative estimate of drug-likeness (QED) is 0.121. The van der Waals surface area contributed by atoms with Crippen LogP contribution < -0.4 is 26.6 Å². The van der Waals surface area contributed by atoms with Gasteiger partial charge in [0.2, 0.25) is 12.1 Å². The molecule has 0 bridgehead atoms. The fourth-order valence-electron chi connectivity index (χ4n) is 6.32. The van der Waals surface area contributed by atoms with Gasteiger partial charge in [-0.3, -0.25) is 9.48 Å². The predicted molar refractivity (Wildman–Crippen MR) is 264 cm³/mol. The molecule has 0 spiro atoms. The van der Waals surface area contributed by atoms with E-state index >= 15 is 0 Å². The van der Waals surface area contributed by atoms with Gasteiger partial charge in [-0.15, -0.1) is 9.36 Å². The molecule has 5 heterocycles. The lowest BCUT2D eigenvalue weighted by Gasteiger charge is -2.34. The highest BCUT2D eigenvalue weighted by Gasteiger charge is 2.40. The third-order valence-corrected chi connectivity index (χ3v) is 11.2. The van der Waals surface area contributed by atoms with Crippen LogP contribution in [0.3, 0.4) is 0 Å². The Morgan fingerprint density at radius 3 is 1.84 bits per heavy atom. The molecule has 4 aromatic heterocycles. The molecule has 344 valence electrons. The number of hydrogen-bond acceptors (Lipinski definition) is 7. The van der Waals surface area contributed by atoms with Crippen LogP contribution in [0.4, 0.5) is 5.69 Å². The maximum Gasteiger partial charge on any atom is 0.228 e. The monoisotopic (exact) mass is 892 g/mol. The largest absolute Gasteiger partial charge is 0.399 e. The SMILES string of the molecule is CC.CC.CN.Cc1nccn1C.Cn1c2ccccc2c[n+]1C.Cn1ccc[n+]1C.Cn1ncc2ccccc21.NC(=O)C1(c2cccc(Sc3ccc(N)cc3)c2)CCOCC1. The van der Waals surface area contributed by atoms with Crippen LogP contribution in [0.1, 0.15) is 51.9 Å². The summed E-state index contributed by atoms with van der Waals surface area (Å²) < 4.78 is 17.4. The molecule has 0 atom stereocenters. The van der Waals surface area contributed by atoms with Crippen LogP contribution in [0.2, 0.25) is 0 Å². The van der Waals surface area contributed by atoms with Crippen LogP contribution in [0.15, 0.2) is 150 Å². The van der Waals surface area contributed by atoms with Gasteiger partial charge in [-0.25, -0.2) is 4.98 Å². The zero-order valence-corrected chi connectivity index (χ0v) is 41.0. The molecule has 6 N–H and O–H groups in total. The first-order valence-corrected chi connectivity index (χ1v) is 22.5. The van der Waals surface area contributed by atoms with Gasteiger partial charge in [0.15, 0.2) is 20.3 Å². The summed E-state index contributed by atoms with van der Waals surface area (Å²) in [7, 11) is 13.5. The number of primary amides is 1. The van der Waals surface area contributed by atoms with Gasteiger partial charge in [0, 0.05) is 66.6 Å². The molecule has 1 saturated heterocycles. The van der Waals surface area contributed by atoms with E-state index in [1.807, 2.05) is 174 Å². The topological polar surface area (TPSA) is 158 Å². The van der Waals surface area contributed by atoms with E-state index in [0.29, 0.717) is 26.1 Å². The number of benzene rings is 4. The Kier molecular flexibility index (Phi) is 24.0. The second-order valence-electron chi connectivity index (χ2n) is 14.1. The summed E-state index contributed by atoms with van der Waals surface area (Å²) in [6.45, 7) is 11.1. The molecule has 1 amide bonds. The van der Waals surface area contributed by atoms with Gasteiger partial charge in [0.25, 0.3) is 0 Å². The number of nitrogens with zero attached hydrogens (tertiary/aromatic N) is 8. The number of aromatic nitrogens is 8. The van der Waals surface area contributed by atoms with Crippen molar-refractivity contribution in [2.75, 3.05) is 26.0 Å². The van der Waals surface area contributed by atoms with Crippen LogP contribution in [0.25, 0.3) is 21.8 Å². The fourth-order valence-corrected chi connectivity index (χ4v) is 7.19. The van der Waals surface area contributed by atoms with E-state index in [2.05, 4.69) is 80.9 Å². The second-order valence-corrected chi connectivity index (χ2v) is 15.2. The minimum absolute atomic E-state index is 0.268. The summed E-state index contributed by atoms with van der Waals surface area (Å²) in [4.78, 5) is 18.3. The number of nitrogens with two attached hydrogens (primary N) is 3. The number of hydrogen-bond donors (Lipinski definition) is 3. The van der Waals surface area contributed by atoms with E-state index in [1.165, 1.54) is 28.9 Å². The zero-order valence-electron chi connectivity index (χ0n) is 40.1. The maximum absolute atomic E-state index is 12.1. The molecule has 0 unspecified atom stereocenters. The molecule has 8 aromatic rings. The van der Waals surface area contributed by atoms with Crippen molar-refractivity contribution in [3.63, 3.8) is 0 Å². The first-order valence-electron chi connectivity index (χ1n) is 21.7. The molecule has 64 heavy (non-hydrogen) atoms. The molecule has 1 aliphatic heterocycles. The number of ether oxygens (including phenoxy) is 1. The van der Waals surface area contributed by atoms with Crippen molar-refractivity contribution >= 4 is 45.2 Å². The average molecular weight is 892 g/mol. The number of carbonyl (C=O) groups excluding carboxylic acids is 1. The first-order chi connectivity index (χ1) is 30.9. The van der Waals surface area contributed by atoms with E-state index in [1.54, 1.807) is 18.0 Å². The predicted octanol–water partition coefficient (Wildman–Crippen LogP) is 7.74. The van der Waals surface area contributed by atoms with Gasteiger partial charge < -0.3 is 26.5 Å². The third kappa shape index (κ3) is 15.8. The molecular weight excluding hydrogens is 819 g/mol. The van der Waals surface area contributed by atoms with Crippen LogP contribution in [-0.4, -0.2) is 54.9 Å². The van der Waals surface area contributed by atoms with Crippen molar-refractivity contribution in [3.05, 3.63) is 152 Å². The molecule has 9 rings (SSSR count). The highest BCUT2D eigenvalue weighted by Crippen LogP contribution is 2.37. The third-order valence-electron chi connectivity index (χ3n) is 10.2. The standard InChI is InChI=1S/C18H20N2O2S.C9H11N2.C8H8N2.C5H9N2.C5H8N2.2C2H6.CH5N/c19-14-4-6-15(7-5-14)23-16-3-1-2-13(12-16)18(17(20)21)8-10-22-11-9-18;1-10-7-8-5-3-4-6-9(8)11(10)2;1-10-8-5-3-2-4-7(8)6-9-10;1-6-4-3-5-7(6)2;1-5-6-3-4-7(5)2;3*1-2/h1-7,12H,8-11,19H2,(H2,20,21);3-7H,1-2H3;2-6H,1H3;3-5H,1-2H3;3-4H,1-2H3;2*1-2H3;2H2,1H3/q;+1;;+1;;;;. The van der Waals surface area contributed by atoms with Gasteiger partial charge >= 0.3 is 0 Å². The number of fused-ring (bicyclic) bond motifs is 2. The number of nitrogen functional groups attached to an aromatic ring is 1. The number of imidazole rings is 1. The number of para-hydroxylation sites is 2. The Bertz CT molecular complexity index is 2440. The van der Waals surface area contributed by atoms with E-state index < -0.39 is 5.41 Å². The van der Waals surface area contributed by atoms with Crippen molar-refractivity contribution in [2.45, 2.75) is 62.7 Å². The van der Waals surface area contributed by atoms with E-state index in [4.69, 9.17) is 16.2 Å². The number of rotatable bonds is 4. The van der Waals surface area contributed by atoms with E-state index in [-0.39, 0.29) is 5.91 Å². The number of aryl methyl sites for hydroxylation is 7. The highest BCUT2D eigenvalue weighted by molar-refractivity contribution is 7.99. The van der Waals surface area contributed by atoms with E-state index in [9.17, 15) is 4.79 Å². The van der Waals surface area contributed by atoms with Crippen molar-refractivity contribution in [2.24, 2.45) is 53.8 Å². The Labute approximate surface area is 385 Å². The summed E-state index contributed by atoms with van der Waals surface area (Å²) in [6, 6.07) is 34.3. The fraction of sp³-hybridized carbons (Fsp3) is 0.340. The Morgan fingerprint density at radius 2 is 1.36 bits per heavy atom. The minimum Gasteiger partial charge on any atom is -0.399 e. The smallest absolute Gasteiger partial charge is 0.228 e. The maximum atomic E-state index is 12.1. The molecule has 1 aliphatic rings. The van der Waals surface area contributed by atoms with Crippen molar-refractivity contribution < 1.29 is 18.9 Å². The average Bonchev–Trinajstić information content (AvgIpc) is 4.10. The van der Waals surface area contributed by atoms with Crippen molar-refractivity contribution in [1.82, 2.24) is 28.7 Å². The number of carbonyl (C=O) groups is 1. The van der Waals surface area contributed by atoms with Gasteiger partial charge in [0.05, 0.1) is 42.8 Å². The van der Waals surface area contributed by atoms with Crippen LogP contribution in [-0.2, 0) is 57.2 Å². The normalized spacial score (nSPS) is 11.9. The summed E-state index contributed by atoms with van der Waals surface area (Å²) in [5.74, 6) is 0.787. The lowest BCUT2D eigenvalue weighted by molar-refractivity contribution is -0.751. The highest BCUT2D eigenvalue weighted by atomic mass is 32.2. The number of anilines is 1. The minimum atomic E-state index is -0.615. The zero-order chi connectivity index (χ0) is 47.7. The first kappa shape index (κ1) is 53.9. The Hall–Kier alpha value is -6.22. The number of amides is 1. The molecule has 14 heteroatoms. The van der Waals surface area contributed by atoms with Crippen molar-refractivity contribution in [1.29, 1.82) is 0 Å². The Morgan fingerprint density at radius 1 is 0.750 bits per heavy atom. The van der Waals surface area contributed by atoms with Crippen LogP contribution in [0, 0.1) is 6.92 Å². The van der Waals surface area contributed by atoms with Crippen LogP contribution >= 0.6 is 11.8 Å². The summed E-state index contributed by atoms with van der Waals surface area (Å²) in [5, 5.41) is 6.60. The molecule has 13 nitrogen and oxygen atoms in total. The molecule has 0 radical (unpaired) electrons. The lowest BCUT2D eigenvalue weighted by atomic mass is 9.73. The van der Waals surface area contributed by atoms with Gasteiger partial charge in [-0.05, 0) is 87.0 Å². The van der Waals surface area contributed by atoms with Crippen LogP contribution in [0.5, 0.6) is 0 Å². The molecular formula is C50H73N11O2S+2. The van der Waals surface area contributed by atoms with Gasteiger partial charge in [-0.2, -0.15) is 14.5 Å².